The molecule has 0 unspecified atom stereocenters. The molecule has 1 aliphatic carbocycles. The van der Waals surface area contributed by atoms with Crippen LogP contribution in [0.4, 0.5) is 14.5 Å². The van der Waals surface area contributed by atoms with E-state index in [9.17, 15) is 13.6 Å². The zero-order valence-corrected chi connectivity index (χ0v) is 11.9. The third-order valence-corrected chi connectivity index (χ3v) is 3.78. The molecule has 110 valence electrons. The van der Waals surface area contributed by atoms with Crippen molar-refractivity contribution in [1.29, 1.82) is 0 Å². The number of carbonyl (C=O) groups excluding carboxylic acids is 1. The molecule has 1 aromatic carbocycles. The van der Waals surface area contributed by atoms with Gasteiger partial charge < -0.3 is 10.2 Å². The molecule has 0 heterocycles. The van der Waals surface area contributed by atoms with Crippen LogP contribution in [-0.4, -0.2) is 30.4 Å². The average molecular weight is 282 g/mol. The van der Waals surface area contributed by atoms with Gasteiger partial charge in [0.15, 0.2) is 0 Å². The van der Waals surface area contributed by atoms with Gasteiger partial charge in [0.2, 0.25) is 0 Å². The number of hydrogen-bond donors (Lipinski definition) is 1. The molecule has 20 heavy (non-hydrogen) atoms. The molecule has 1 fully saturated rings. The summed E-state index contributed by atoms with van der Waals surface area (Å²) in [6.07, 6.45) is 3.79. The molecule has 0 aromatic heterocycles. The molecule has 1 aromatic rings. The second-order valence-corrected chi connectivity index (χ2v) is 5.24. The zero-order valence-electron chi connectivity index (χ0n) is 11.9. The minimum atomic E-state index is -0.719. The molecule has 2 rings (SSSR count). The van der Waals surface area contributed by atoms with Crippen molar-refractivity contribution in [2.45, 2.75) is 38.6 Å². The highest BCUT2D eigenvalue weighted by molar-refractivity contribution is 5.94. The summed E-state index contributed by atoms with van der Waals surface area (Å²) in [6, 6.07) is 2.42. The summed E-state index contributed by atoms with van der Waals surface area (Å²) in [6.45, 7) is 2.40. The van der Waals surface area contributed by atoms with Gasteiger partial charge in [-0.1, -0.05) is 6.92 Å². The Labute approximate surface area is 118 Å². The maximum absolute atomic E-state index is 13.9. The Morgan fingerprint density at radius 2 is 1.95 bits per heavy atom. The summed E-state index contributed by atoms with van der Waals surface area (Å²) < 4.78 is 27.8. The Morgan fingerprint density at radius 1 is 1.35 bits per heavy atom. The SMILES string of the molecule is CCCNc1c(F)cc(C(=O)N(C)C2CCC2)cc1F. The number of benzene rings is 1. The van der Waals surface area contributed by atoms with Gasteiger partial charge in [0, 0.05) is 25.2 Å². The van der Waals surface area contributed by atoms with Gasteiger partial charge in [-0.15, -0.1) is 0 Å². The van der Waals surface area contributed by atoms with Gasteiger partial charge in [0.25, 0.3) is 5.91 Å². The predicted octanol–water partition coefficient (Wildman–Crippen LogP) is 3.41. The third-order valence-electron chi connectivity index (χ3n) is 3.78. The highest BCUT2D eigenvalue weighted by Gasteiger charge is 2.27. The first-order valence-electron chi connectivity index (χ1n) is 7.04. The average Bonchev–Trinajstić information content (AvgIpc) is 2.34. The predicted molar refractivity (Wildman–Crippen MR) is 74.9 cm³/mol. The van der Waals surface area contributed by atoms with Crippen molar-refractivity contribution in [2.75, 3.05) is 18.9 Å². The van der Waals surface area contributed by atoms with Crippen LogP contribution in [0, 0.1) is 11.6 Å². The fourth-order valence-electron chi connectivity index (χ4n) is 2.26. The second kappa shape index (κ2) is 6.20. The van der Waals surface area contributed by atoms with E-state index in [4.69, 9.17) is 0 Å². The standard InChI is InChI=1S/C15H20F2N2O/c1-3-7-18-14-12(16)8-10(9-13(14)17)15(20)19(2)11-5-4-6-11/h8-9,11,18H,3-7H2,1-2H3. The van der Waals surface area contributed by atoms with Gasteiger partial charge in [-0.2, -0.15) is 0 Å². The lowest BCUT2D eigenvalue weighted by Gasteiger charge is -2.34. The van der Waals surface area contributed by atoms with Crippen LogP contribution in [0.3, 0.4) is 0 Å². The first-order valence-corrected chi connectivity index (χ1v) is 7.04. The van der Waals surface area contributed by atoms with E-state index in [1.165, 1.54) is 0 Å². The van der Waals surface area contributed by atoms with E-state index < -0.39 is 11.6 Å². The quantitative estimate of drug-likeness (QED) is 0.897. The number of anilines is 1. The van der Waals surface area contributed by atoms with E-state index in [-0.39, 0.29) is 23.2 Å². The maximum Gasteiger partial charge on any atom is 0.254 e. The summed E-state index contributed by atoms with van der Waals surface area (Å²) in [5.74, 6) is -1.76. The van der Waals surface area contributed by atoms with Crippen molar-refractivity contribution in [1.82, 2.24) is 4.90 Å². The first kappa shape index (κ1) is 14.8. The van der Waals surface area contributed by atoms with Crippen molar-refractivity contribution in [3.05, 3.63) is 29.3 Å². The van der Waals surface area contributed by atoms with E-state index in [0.29, 0.717) is 6.54 Å². The van der Waals surface area contributed by atoms with E-state index in [1.54, 1.807) is 11.9 Å². The van der Waals surface area contributed by atoms with Crippen LogP contribution in [0.5, 0.6) is 0 Å². The Morgan fingerprint density at radius 3 is 2.40 bits per heavy atom. The molecule has 1 saturated carbocycles. The smallest absolute Gasteiger partial charge is 0.254 e. The van der Waals surface area contributed by atoms with E-state index >= 15 is 0 Å². The van der Waals surface area contributed by atoms with Crippen molar-refractivity contribution < 1.29 is 13.6 Å². The molecule has 1 aliphatic rings. The Bertz CT molecular complexity index is 478. The summed E-state index contributed by atoms with van der Waals surface area (Å²) in [4.78, 5) is 13.8. The molecule has 0 aliphatic heterocycles. The third kappa shape index (κ3) is 2.92. The summed E-state index contributed by atoms with van der Waals surface area (Å²) in [7, 11) is 1.69. The molecular weight excluding hydrogens is 262 g/mol. The van der Waals surface area contributed by atoms with Gasteiger partial charge in [-0.25, -0.2) is 8.78 Å². The number of carbonyl (C=O) groups is 1. The van der Waals surface area contributed by atoms with Crippen LogP contribution < -0.4 is 5.32 Å². The Balaban J connectivity index is 2.18. The van der Waals surface area contributed by atoms with Crippen molar-refractivity contribution in [3.8, 4) is 0 Å². The molecule has 0 spiro atoms. The summed E-state index contributed by atoms with van der Waals surface area (Å²) >= 11 is 0. The lowest BCUT2D eigenvalue weighted by Crippen LogP contribution is -2.41. The van der Waals surface area contributed by atoms with Crippen LogP contribution in [0.15, 0.2) is 12.1 Å². The van der Waals surface area contributed by atoms with Gasteiger partial charge in [0.05, 0.1) is 0 Å². The lowest BCUT2D eigenvalue weighted by atomic mass is 9.91. The fraction of sp³-hybridized carbons (Fsp3) is 0.533. The minimum absolute atomic E-state index is 0.0662. The molecule has 3 nitrogen and oxygen atoms in total. The number of nitrogens with one attached hydrogen (secondary N) is 1. The fourth-order valence-corrected chi connectivity index (χ4v) is 2.26. The molecule has 0 bridgehead atoms. The molecule has 1 amide bonds. The van der Waals surface area contributed by atoms with Gasteiger partial charge >= 0.3 is 0 Å². The summed E-state index contributed by atoms with van der Waals surface area (Å²) in [5, 5.41) is 2.70. The highest BCUT2D eigenvalue weighted by atomic mass is 19.1. The number of rotatable bonds is 5. The minimum Gasteiger partial charge on any atom is -0.380 e. The van der Waals surface area contributed by atoms with Crippen molar-refractivity contribution in [3.63, 3.8) is 0 Å². The first-order chi connectivity index (χ1) is 9.54. The number of hydrogen-bond acceptors (Lipinski definition) is 2. The Kier molecular flexibility index (Phi) is 4.57. The number of amides is 1. The highest BCUT2D eigenvalue weighted by Crippen LogP contribution is 2.26. The molecule has 0 saturated heterocycles. The molecule has 0 radical (unpaired) electrons. The van der Waals surface area contributed by atoms with Gasteiger partial charge in [0.1, 0.15) is 17.3 Å². The maximum atomic E-state index is 13.9. The van der Waals surface area contributed by atoms with E-state index in [2.05, 4.69) is 5.32 Å². The molecule has 0 atom stereocenters. The summed E-state index contributed by atoms with van der Waals surface area (Å²) in [5.41, 5.74) is -0.0915. The van der Waals surface area contributed by atoms with E-state index in [1.807, 2.05) is 6.92 Å². The van der Waals surface area contributed by atoms with Crippen LogP contribution in [-0.2, 0) is 0 Å². The van der Waals surface area contributed by atoms with Crippen LogP contribution in [0.2, 0.25) is 0 Å². The Hall–Kier alpha value is -1.65. The van der Waals surface area contributed by atoms with Crippen LogP contribution in [0.1, 0.15) is 43.0 Å². The van der Waals surface area contributed by atoms with E-state index in [0.717, 1.165) is 37.8 Å². The molecular formula is C15H20F2N2O. The van der Waals surface area contributed by atoms with Gasteiger partial charge in [-0.05, 0) is 37.8 Å². The van der Waals surface area contributed by atoms with Gasteiger partial charge in [-0.3, -0.25) is 4.79 Å². The number of nitrogens with zero attached hydrogens (tertiary/aromatic N) is 1. The molecule has 1 N–H and O–H groups in total. The monoisotopic (exact) mass is 282 g/mol. The van der Waals surface area contributed by atoms with Crippen molar-refractivity contribution in [2.24, 2.45) is 0 Å². The second-order valence-electron chi connectivity index (χ2n) is 5.24. The normalized spacial score (nSPS) is 14.8. The lowest BCUT2D eigenvalue weighted by molar-refractivity contribution is 0.0651. The van der Waals surface area contributed by atoms with Crippen LogP contribution in [0.25, 0.3) is 0 Å². The van der Waals surface area contributed by atoms with Crippen LogP contribution >= 0.6 is 0 Å². The number of halogens is 2. The largest absolute Gasteiger partial charge is 0.380 e. The van der Waals surface area contributed by atoms with Crippen molar-refractivity contribution >= 4 is 11.6 Å². The molecule has 5 heteroatoms. The topological polar surface area (TPSA) is 32.3 Å². The zero-order chi connectivity index (χ0) is 14.7.